The highest BCUT2D eigenvalue weighted by Gasteiger charge is 2.29. The molecule has 0 radical (unpaired) electrons. The van der Waals surface area contributed by atoms with Gasteiger partial charge in [-0.3, -0.25) is 8.98 Å². The van der Waals surface area contributed by atoms with E-state index in [-0.39, 0.29) is 5.43 Å². The molecule has 0 bridgehead atoms. The Morgan fingerprint density at radius 3 is 2.27 bits per heavy atom. The van der Waals surface area contributed by atoms with Crippen molar-refractivity contribution >= 4 is 53.2 Å². The van der Waals surface area contributed by atoms with E-state index in [4.69, 9.17) is 11.6 Å². The third kappa shape index (κ3) is 5.66. The van der Waals surface area contributed by atoms with Crippen LogP contribution in [0.5, 0.6) is 0 Å². The Balaban J connectivity index is 0.000000213. The second-order valence-corrected chi connectivity index (χ2v) is 8.26. The van der Waals surface area contributed by atoms with Crippen molar-refractivity contribution in [3.63, 3.8) is 0 Å². The van der Waals surface area contributed by atoms with Gasteiger partial charge >= 0.3 is 6.18 Å². The van der Waals surface area contributed by atoms with Crippen LogP contribution in [-0.4, -0.2) is 27.5 Å². The van der Waals surface area contributed by atoms with Crippen LogP contribution in [0.25, 0.3) is 20.2 Å². The quantitative estimate of drug-likeness (QED) is 0.446. The fraction of sp³-hybridized carbons (Fsp3) is 0.188. The Bertz CT molecular complexity index is 1090. The van der Waals surface area contributed by atoms with Crippen molar-refractivity contribution in [3.8, 4) is 0 Å². The molecule has 0 saturated heterocycles. The largest absolute Gasteiger partial charge is 0.413 e. The predicted octanol–water partition coefficient (Wildman–Crippen LogP) is 4.59. The molecule has 0 amide bonds. The van der Waals surface area contributed by atoms with E-state index >= 15 is 0 Å². The smallest absolute Gasteiger partial charge is 0.288 e. The van der Waals surface area contributed by atoms with Crippen LogP contribution in [-0.2, 0) is 14.3 Å². The van der Waals surface area contributed by atoms with E-state index in [2.05, 4.69) is 4.18 Å². The number of fused-ring (bicyclic) bond motifs is 2. The molecule has 140 valence electrons. The summed E-state index contributed by atoms with van der Waals surface area (Å²) in [6.45, 7) is -1.76. The minimum atomic E-state index is -4.59. The Morgan fingerprint density at radius 1 is 1.08 bits per heavy atom. The third-order valence-corrected chi connectivity index (χ3v) is 4.99. The molecule has 0 unspecified atom stereocenters. The molecule has 3 aromatic rings. The van der Waals surface area contributed by atoms with E-state index in [1.165, 1.54) is 0 Å². The molecule has 0 atom stereocenters. The monoisotopic (exact) mass is 424 g/mol. The average Bonchev–Trinajstić information content (AvgIpc) is 2.53. The number of hydrogen-bond acceptors (Lipinski definition) is 5. The number of hydrogen-bond donors (Lipinski definition) is 0. The van der Waals surface area contributed by atoms with Crippen LogP contribution in [0.3, 0.4) is 0 Å². The molecular formula is C16H12ClF3O4S2. The second-order valence-electron chi connectivity index (χ2n) is 5.12. The van der Waals surface area contributed by atoms with Crippen LogP contribution in [0.2, 0.25) is 5.02 Å². The first-order chi connectivity index (χ1) is 12.0. The molecule has 0 spiro atoms. The summed E-state index contributed by atoms with van der Waals surface area (Å²) in [5, 5.41) is 1.91. The Kier molecular flexibility index (Phi) is 6.28. The lowest BCUT2D eigenvalue weighted by atomic mass is 10.2. The predicted molar refractivity (Wildman–Crippen MR) is 97.5 cm³/mol. The lowest BCUT2D eigenvalue weighted by Crippen LogP contribution is -2.19. The Morgan fingerprint density at radius 2 is 1.69 bits per heavy atom. The lowest BCUT2D eigenvalue weighted by molar-refractivity contribution is -0.152. The van der Waals surface area contributed by atoms with Gasteiger partial charge in [0.15, 0.2) is 12.0 Å². The summed E-state index contributed by atoms with van der Waals surface area (Å²) in [4.78, 5) is 12.2. The molecule has 1 aromatic heterocycles. The maximum Gasteiger partial charge on any atom is 0.413 e. The zero-order valence-electron chi connectivity index (χ0n) is 13.2. The van der Waals surface area contributed by atoms with Crippen LogP contribution >= 0.6 is 22.9 Å². The highest BCUT2D eigenvalue weighted by molar-refractivity contribution is 7.85. The van der Waals surface area contributed by atoms with E-state index in [1.807, 2.05) is 36.4 Å². The van der Waals surface area contributed by atoms with Crippen LogP contribution in [0, 0.1) is 0 Å². The molecule has 3 rings (SSSR count). The number of rotatable bonds is 2. The van der Waals surface area contributed by atoms with E-state index in [0.717, 1.165) is 14.8 Å². The van der Waals surface area contributed by atoms with Gasteiger partial charge in [0, 0.05) is 14.8 Å². The van der Waals surface area contributed by atoms with Crippen molar-refractivity contribution < 1.29 is 25.8 Å². The van der Waals surface area contributed by atoms with Gasteiger partial charge < -0.3 is 0 Å². The first-order valence-electron chi connectivity index (χ1n) is 6.99. The highest BCUT2D eigenvalue weighted by atomic mass is 35.5. The third-order valence-electron chi connectivity index (χ3n) is 2.99. The van der Waals surface area contributed by atoms with Gasteiger partial charge in [-0.05, 0) is 24.3 Å². The summed E-state index contributed by atoms with van der Waals surface area (Å²) in [7, 11) is -3.98. The van der Waals surface area contributed by atoms with Crippen LogP contribution in [0.4, 0.5) is 13.2 Å². The van der Waals surface area contributed by atoms with E-state index in [1.54, 1.807) is 17.4 Å². The maximum atomic E-state index is 12.2. The molecule has 0 aliphatic heterocycles. The topological polar surface area (TPSA) is 60.4 Å². The minimum Gasteiger partial charge on any atom is -0.288 e. The summed E-state index contributed by atoms with van der Waals surface area (Å²) in [6.07, 6.45) is -4.04. The number of benzene rings is 2. The zero-order chi connectivity index (χ0) is 19.5. The van der Waals surface area contributed by atoms with Crippen LogP contribution < -0.4 is 5.43 Å². The van der Waals surface area contributed by atoms with Crippen molar-refractivity contribution in [1.82, 2.24) is 0 Å². The fourth-order valence-electron chi connectivity index (χ4n) is 1.98. The molecular weight excluding hydrogens is 413 g/mol. The van der Waals surface area contributed by atoms with Crippen LogP contribution in [0.15, 0.2) is 47.3 Å². The summed E-state index contributed by atoms with van der Waals surface area (Å²) >= 11 is 7.66. The number of alkyl halides is 3. The second kappa shape index (κ2) is 7.91. The SMILES string of the molecule is CS(=O)(=O)OCC(F)(F)F.O=c1c2ccccc2sc2cccc(Cl)c12. The molecule has 26 heavy (non-hydrogen) atoms. The fourth-order valence-corrected chi connectivity index (χ4v) is 3.75. The van der Waals surface area contributed by atoms with E-state index in [9.17, 15) is 26.4 Å². The van der Waals surface area contributed by atoms with Crippen molar-refractivity contribution in [3.05, 3.63) is 57.7 Å². The summed E-state index contributed by atoms with van der Waals surface area (Å²) in [5.74, 6) is 0. The standard InChI is InChI=1S/C13H7ClOS.C3H5F3O3S/c14-9-5-3-7-11-12(9)13(15)8-4-1-2-6-10(8)16-11;1-10(7,8)9-2-3(4,5)6/h1-7H;2H2,1H3. The Hall–Kier alpha value is -1.68. The molecule has 1 heterocycles. The molecule has 0 aliphatic rings. The van der Waals surface area contributed by atoms with Gasteiger partial charge in [-0.25, -0.2) is 0 Å². The van der Waals surface area contributed by atoms with Gasteiger partial charge in [-0.1, -0.05) is 29.8 Å². The molecule has 4 nitrogen and oxygen atoms in total. The van der Waals surface area contributed by atoms with Crippen molar-refractivity contribution in [1.29, 1.82) is 0 Å². The average molecular weight is 425 g/mol. The van der Waals surface area contributed by atoms with Gasteiger partial charge in [-0.2, -0.15) is 21.6 Å². The van der Waals surface area contributed by atoms with Crippen molar-refractivity contribution in [2.24, 2.45) is 0 Å². The number of halogens is 4. The minimum absolute atomic E-state index is 0.0231. The summed E-state index contributed by atoms with van der Waals surface area (Å²) < 4.78 is 58.9. The van der Waals surface area contributed by atoms with E-state index in [0.29, 0.717) is 16.7 Å². The van der Waals surface area contributed by atoms with Gasteiger partial charge in [-0.15, -0.1) is 11.3 Å². The summed E-state index contributed by atoms with van der Waals surface area (Å²) in [5.41, 5.74) is 0.0231. The van der Waals surface area contributed by atoms with Crippen LogP contribution in [0.1, 0.15) is 0 Å². The highest BCUT2D eigenvalue weighted by Crippen LogP contribution is 2.28. The molecule has 2 aromatic carbocycles. The van der Waals surface area contributed by atoms with Crippen molar-refractivity contribution in [2.45, 2.75) is 6.18 Å². The zero-order valence-corrected chi connectivity index (χ0v) is 15.6. The lowest BCUT2D eigenvalue weighted by Gasteiger charge is -2.03. The van der Waals surface area contributed by atoms with Gasteiger partial charge in [0.05, 0.1) is 16.7 Å². The van der Waals surface area contributed by atoms with Gasteiger partial charge in [0.1, 0.15) is 0 Å². The maximum absolute atomic E-state index is 12.2. The first-order valence-corrected chi connectivity index (χ1v) is 10.0. The molecule has 0 fully saturated rings. The summed E-state index contributed by atoms with van der Waals surface area (Å²) in [6, 6.07) is 13.2. The van der Waals surface area contributed by atoms with Crippen molar-refractivity contribution in [2.75, 3.05) is 12.9 Å². The van der Waals surface area contributed by atoms with Gasteiger partial charge in [0.2, 0.25) is 0 Å². The molecule has 0 aliphatic carbocycles. The van der Waals surface area contributed by atoms with Gasteiger partial charge in [0.25, 0.3) is 10.1 Å². The normalized spacial score (nSPS) is 12.0. The molecule has 0 saturated carbocycles. The molecule has 10 heteroatoms. The first kappa shape index (κ1) is 20.6. The Labute approximate surface area is 155 Å². The molecule has 0 N–H and O–H groups in total. The van der Waals surface area contributed by atoms with E-state index < -0.39 is 22.9 Å².